The molecule has 2 heterocycles. The number of nitrogens with zero attached hydrogens (tertiary/aromatic N) is 1. The van der Waals surface area contributed by atoms with Gasteiger partial charge in [-0.15, -0.1) is 0 Å². The summed E-state index contributed by atoms with van der Waals surface area (Å²) in [6, 6.07) is 3.54. The molecule has 0 unspecified atom stereocenters. The highest BCUT2D eigenvalue weighted by atomic mass is 16.5. The quantitative estimate of drug-likeness (QED) is 0.392. The predicted octanol–water partition coefficient (Wildman–Crippen LogP) is 1.90. The summed E-state index contributed by atoms with van der Waals surface area (Å²) in [5.41, 5.74) is 2.66. The fourth-order valence-electron chi connectivity index (χ4n) is 3.41. The normalized spacial score (nSPS) is 14.3. The van der Waals surface area contributed by atoms with Crippen LogP contribution in [0, 0.1) is 0 Å². The third kappa shape index (κ3) is 5.25. The molecule has 1 aromatic heterocycles. The highest BCUT2D eigenvalue weighted by molar-refractivity contribution is 5.99. The minimum absolute atomic E-state index is 0.0690. The van der Waals surface area contributed by atoms with Crippen molar-refractivity contribution in [1.29, 1.82) is 0 Å². The molecule has 0 spiro atoms. The first-order valence-corrected chi connectivity index (χ1v) is 10.0. The Labute approximate surface area is 176 Å². The van der Waals surface area contributed by atoms with Gasteiger partial charge in [-0.2, -0.15) is 4.57 Å². The summed E-state index contributed by atoms with van der Waals surface area (Å²) in [6.07, 6.45) is 3.43. The van der Waals surface area contributed by atoms with Crippen LogP contribution in [0.4, 0.5) is 0 Å². The van der Waals surface area contributed by atoms with Gasteiger partial charge in [0, 0.05) is 23.5 Å². The molecule has 2 rings (SSSR count). The van der Waals surface area contributed by atoms with Gasteiger partial charge in [-0.1, -0.05) is 0 Å². The smallest absolute Gasteiger partial charge is 0.372 e. The molecular weight excluding hydrogens is 388 g/mol. The highest BCUT2D eigenvalue weighted by Crippen LogP contribution is 2.38. The second-order valence-electron chi connectivity index (χ2n) is 6.69. The van der Waals surface area contributed by atoms with E-state index in [9.17, 15) is 14.4 Å². The average Bonchev–Trinajstić information content (AvgIpc) is 2.68. The Morgan fingerprint density at radius 1 is 0.867 bits per heavy atom. The van der Waals surface area contributed by atoms with Gasteiger partial charge < -0.3 is 19.5 Å². The van der Waals surface area contributed by atoms with E-state index in [1.807, 2.05) is 0 Å². The summed E-state index contributed by atoms with van der Waals surface area (Å²) in [5.74, 6) is -1.99. The van der Waals surface area contributed by atoms with Gasteiger partial charge in [-0.3, -0.25) is 0 Å². The summed E-state index contributed by atoms with van der Waals surface area (Å²) in [6.45, 7) is 9.57. The van der Waals surface area contributed by atoms with Gasteiger partial charge in [-0.05, 0) is 40.2 Å². The molecule has 0 amide bonds. The first-order chi connectivity index (χ1) is 14.3. The molecule has 0 bridgehead atoms. The van der Waals surface area contributed by atoms with Crippen LogP contribution in [0.15, 0.2) is 47.1 Å². The molecule has 1 aliphatic heterocycles. The van der Waals surface area contributed by atoms with Crippen LogP contribution in [0.25, 0.3) is 0 Å². The second kappa shape index (κ2) is 10.6. The fourth-order valence-corrected chi connectivity index (χ4v) is 3.41. The number of rotatable bonds is 8. The molecule has 8 nitrogen and oxygen atoms in total. The summed E-state index contributed by atoms with van der Waals surface area (Å²) in [4.78, 5) is 37.2. The van der Waals surface area contributed by atoms with E-state index in [1.165, 1.54) is 0 Å². The van der Waals surface area contributed by atoms with Crippen molar-refractivity contribution in [2.75, 3.05) is 19.8 Å². The highest BCUT2D eigenvalue weighted by Gasteiger charge is 2.38. The van der Waals surface area contributed by atoms with Gasteiger partial charge in [0.2, 0.25) is 6.54 Å². The molecule has 1 N–H and O–H groups in total. The van der Waals surface area contributed by atoms with Gasteiger partial charge in [-0.25, -0.2) is 14.4 Å². The van der Waals surface area contributed by atoms with Crippen molar-refractivity contribution in [3.8, 4) is 0 Å². The van der Waals surface area contributed by atoms with E-state index < -0.39 is 17.9 Å². The largest absolute Gasteiger partial charge is 0.463 e. The van der Waals surface area contributed by atoms with Crippen LogP contribution in [0.2, 0.25) is 0 Å². The zero-order valence-electron chi connectivity index (χ0n) is 18.1. The number of ether oxygens (including phenoxy) is 3. The van der Waals surface area contributed by atoms with Crippen LogP contribution in [-0.2, 0) is 35.1 Å². The topological polar surface area (TPSA) is 94.8 Å². The maximum Gasteiger partial charge on any atom is 0.372 e. The maximum absolute atomic E-state index is 12.7. The number of pyridine rings is 1. The molecule has 0 fully saturated rings. The van der Waals surface area contributed by atoms with Crippen molar-refractivity contribution in [2.24, 2.45) is 0 Å². The van der Waals surface area contributed by atoms with Crippen LogP contribution in [0.1, 0.15) is 46.1 Å². The number of esters is 3. The Bertz CT molecular complexity index is 830. The SMILES string of the molecule is CCOC(=O)C[n+]1ccc(C2C(C(=O)OCC)=C(C)NC(C)=C2C(=O)OCC)cc1. The van der Waals surface area contributed by atoms with E-state index in [0.717, 1.165) is 0 Å². The summed E-state index contributed by atoms with van der Waals surface area (Å²) >= 11 is 0. The molecule has 0 aliphatic carbocycles. The molecule has 30 heavy (non-hydrogen) atoms. The lowest BCUT2D eigenvalue weighted by Crippen LogP contribution is -2.38. The molecule has 0 atom stereocenters. The Morgan fingerprint density at radius 2 is 1.33 bits per heavy atom. The molecule has 0 saturated carbocycles. The monoisotopic (exact) mass is 417 g/mol. The van der Waals surface area contributed by atoms with Crippen molar-refractivity contribution in [2.45, 2.75) is 47.1 Å². The molecule has 0 radical (unpaired) electrons. The minimum atomic E-state index is -0.651. The third-order valence-corrected chi connectivity index (χ3v) is 4.62. The summed E-state index contributed by atoms with van der Waals surface area (Å²) in [5, 5.41) is 3.10. The van der Waals surface area contributed by atoms with Crippen LogP contribution in [-0.4, -0.2) is 37.7 Å². The first-order valence-electron chi connectivity index (χ1n) is 10.0. The number of hydrogen-bond acceptors (Lipinski definition) is 7. The first kappa shape index (κ1) is 23.1. The zero-order valence-corrected chi connectivity index (χ0v) is 18.1. The number of carbonyl (C=O) groups excluding carboxylic acids is 3. The molecular formula is C22H29N2O6+. The minimum Gasteiger partial charge on any atom is -0.463 e. The van der Waals surface area contributed by atoms with Gasteiger partial charge in [0.1, 0.15) is 0 Å². The predicted molar refractivity (Wildman–Crippen MR) is 108 cm³/mol. The molecule has 162 valence electrons. The lowest BCUT2D eigenvalue weighted by molar-refractivity contribution is -0.686. The van der Waals surface area contributed by atoms with Crippen LogP contribution in [0.3, 0.4) is 0 Å². The number of nitrogens with one attached hydrogen (secondary N) is 1. The number of hydrogen-bond donors (Lipinski definition) is 1. The maximum atomic E-state index is 12.7. The van der Waals surface area contributed by atoms with E-state index >= 15 is 0 Å². The van der Waals surface area contributed by atoms with Crippen LogP contribution >= 0.6 is 0 Å². The van der Waals surface area contributed by atoms with E-state index in [2.05, 4.69) is 5.32 Å². The third-order valence-electron chi connectivity index (χ3n) is 4.62. The number of dihydropyridines is 1. The van der Waals surface area contributed by atoms with Crippen molar-refractivity contribution in [3.63, 3.8) is 0 Å². The van der Waals surface area contributed by atoms with E-state index in [4.69, 9.17) is 14.2 Å². The van der Waals surface area contributed by atoms with Gasteiger partial charge in [0.15, 0.2) is 12.4 Å². The van der Waals surface area contributed by atoms with Gasteiger partial charge in [0.25, 0.3) is 0 Å². The lowest BCUT2D eigenvalue weighted by atomic mass is 9.80. The van der Waals surface area contributed by atoms with Crippen LogP contribution in [0.5, 0.6) is 0 Å². The van der Waals surface area contributed by atoms with Gasteiger partial charge >= 0.3 is 17.9 Å². The second-order valence-corrected chi connectivity index (χ2v) is 6.69. The number of carbonyl (C=O) groups is 3. The van der Waals surface area contributed by atoms with Crippen LogP contribution < -0.4 is 9.88 Å². The van der Waals surface area contributed by atoms with E-state index in [1.54, 1.807) is 63.7 Å². The van der Waals surface area contributed by atoms with Crippen molar-refractivity contribution in [1.82, 2.24) is 5.32 Å². The number of allylic oxidation sites excluding steroid dienone is 2. The molecule has 1 aliphatic rings. The molecule has 0 saturated heterocycles. The van der Waals surface area contributed by atoms with Crippen molar-refractivity contribution < 1.29 is 33.2 Å². The Hall–Kier alpha value is -3.16. The molecule has 0 aromatic carbocycles. The van der Waals surface area contributed by atoms with Crippen molar-refractivity contribution in [3.05, 3.63) is 52.6 Å². The van der Waals surface area contributed by atoms with Crippen molar-refractivity contribution >= 4 is 17.9 Å². The number of aromatic nitrogens is 1. The standard InChI is InChI=1S/C22H28N2O6/c1-6-28-17(25)13-24-11-9-16(10-12-24)20-18(21(26)29-7-2)14(4)23-15(5)19(20)22(27)30-8-3/h9-12,20H,6-8,13H2,1-5H3/p+1. The lowest BCUT2D eigenvalue weighted by Gasteiger charge is -2.30. The summed E-state index contributed by atoms with van der Waals surface area (Å²) in [7, 11) is 0. The van der Waals surface area contributed by atoms with E-state index in [-0.39, 0.29) is 25.7 Å². The summed E-state index contributed by atoms with van der Waals surface area (Å²) < 4.78 is 17.1. The molecule has 8 heteroatoms. The van der Waals surface area contributed by atoms with Gasteiger partial charge in [0.05, 0.1) is 36.9 Å². The van der Waals surface area contributed by atoms with E-state index in [0.29, 0.717) is 34.7 Å². The Kier molecular flexibility index (Phi) is 8.15. The zero-order chi connectivity index (χ0) is 22.3. The molecule has 1 aromatic rings. The average molecular weight is 417 g/mol. The fraction of sp³-hybridized carbons (Fsp3) is 0.455. The Morgan fingerprint density at radius 3 is 1.77 bits per heavy atom. The Balaban J connectivity index is 2.49.